The second kappa shape index (κ2) is 12.8. The Labute approximate surface area is 238 Å². The van der Waals surface area contributed by atoms with E-state index >= 15 is 0 Å². The average Bonchev–Trinajstić information content (AvgIpc) is 2.88. The van der Waals surface area contributed by atoms with Gasteiger partial charge < -0.3 is 10.2 Å². The van der Waals surface area contributed by atoms with Gasteiger partial charge in [-0.2, -0.15) is 0 Å². The first-order valence-electron chi connectivity index (χ1n) is 11.8. The van der Waals surface area contributed by atoms with Crippen LogP contribution in [-0.4, -0.2) is 44.3 Å². The number of aryl methyl sites for hydroxylation is 1. The van der Waals surface area contributed by atoms with Crippen LogP contribution in [0.5, 0.6) is 0 Å². The van der Waals surface area contributed by atoms with Crippen LogP contribution in [0.3, 0.4) is 0 Å². The van der Waals surface area contributed by atoms with E-state index < -0.39 is 28.5 Å². The summed E-state index contributed by atoms with van der Waals surface area (Å²) in [6.45, 7) is 4.96. The van der Waals surface area contributed by atoms with E-state index in [4.69, 9.17) is 34.8 Å². The molecule has 3 aromatic rings. The van der Waals surface area contributed by atoms with E-state index in [1.807, 2.05) is 0 Å². The van der Waals surface area contributed by atoms with Gasteiger partial charge >= 0.3 is 0 Å². The first kappa shape index (κ1) is 29.8. The summed E-state index contributed by atoms with van der Waals surface area (Å²) in [5.41, 5.74) is 1.63. The van der Waals surface area contributed by atoms with Gasteiger partial charge in [0.2, 0.25) is 11.8 Å². The molecule has 3 rings (SSSR count). The molecule has 202 valence electrons. The second-order valence-corrected chi connectivity index (χ2v) is 11.7. The van der Waals surface area contributed by atoms with Crippen molar-refractivity contribution >= 4 is 62.3 Å². The Morgan fingerprint density at radius 1 is 0.947 bits per heavy atom. The van der Waals surface area contributed by atoms with Crippen molar-refractivity contribution in [3.8, 4) is 0 Å². The van der Waals surface area contributed by atoms with E-state index in [-0.39, 0.29) is 17.3 Å². The topological polar surface area (TPSA) is 86.8 Å². The summed E-state index contributed by atoms with van der Waals surface area (Å²) >= 11 is 18.2. The molecule has 1 atom stereocenters. The molecule has 0 aliphatic rings. The van der Waals surface area contributed by atoms with E-state index in [2.05, 4.69) is 5.32 Å². The van der Waals surface area contributed by atoms with Crippen molar-refractivity contribution in [3.05, 3.63) is 92.9 Å². The fraction of sp³-hybridized carbons (Fsp3) is 0.259. The van der Waals surface area contributed by atoms with Crippen LogP contribution < -0.4 is 9.62 Å². The zero-order valence-electron chi connectivity index (χ0n) is 21.1. The lowest BCUT2D eigenvalue weighted by Crippen LogP contribution is -2.51. The Morgan fingerprint density at radius 2 is 1.61 bits per heavy atom. The number of anilines is 1. The number of rotatable bonds is 10. The molecular formula is C27H28Cl3N3O4S. The van der Waals surface area contributed by atoms with Crippen LogP contribution in [0.1, 0.15) is 25.0 Å². The van der Waals surface area contributed by atoms with Gasteiger partial charge in [-0.1, -0.05) is 59.1 Å². The monoisotopic (exact) mass is 595 g/mol. The molecule has 0 fully saturated rings. The highest BCUT2D eigenvalue weighted by Gasteiger charge is 2.33. The van der Waals surface area contributed by atoms with Gasteiger partial charge in [0, 0.05) is 18.1 Å². The zero-order valence-corrected chi connectivity index (χ0v) is 24.2. The molecule has 38 heavy (non-hydrogen) atoms. The highest BCUT2D eigenvalue weighted by Crippen LogP contribution is 2.28. The molecule has 11 heteroatoms. The molecule has 0 saturated heterocycles. The minimum atomic E-state index is -4.18. The van der Waals surface area contributed by atoms with Gasteiger partial charge in [-0.05, 0) is 74.4 Å². The van der Waals surface area contributed by atoms with Crippen molar-refractivity contribution in [3.63, 3.8) is 0 Å². The zero-order chi connectivity index (χ0) is 28.0. The van der Waals surface area contributed by atoms with Crippen molar-refractivity contribution in [2.75, 3.05) is 17.4 Å². The van der Waals surface area contributed by atoms with Gasteiger partial charge in [-0.25, -0.2) is 8.42 Å². The van der Waals surface area contributed by atoms with Crippen LogP contribution >= 0.6 is 34.8 Å². The quantitative estimate of drug-likeness (QED) is 0.325. The fourth-order valence-corrected chi connectivity index (χ4v) is 5.75. The summed E-state index contributed by atoms with van der Waals surface area (Å²) < 4.78 is 28.7. The van der Waals surface area contributed by atoms with Crippen molar-refractivity contribution in [1.29, 1.82) is 0 Å². The van der Waals surface area contributed by atoms with Gasteiger partial charge in [0.05, 0.1) is 20.6 Å². The van der Waals surface area contributed by atoms with Gasteiger partial charge in [-0.15, -0.1) is 0 Å². The van der Waals surface area contributed by atoms with Crippen LogP contribution in [0.2, 0.25) is 15.1 Å². The van der Waals surface area contributed by atoms with E-state index in [9.17, 15) is 18.0 Å². The van der Waals surface area contributed by atoms with Gasteiger partial charge in [-0.3, -0.25) is 13.9 Å². The molecule has 0 radical (unpaired) electrons. The molecule has 0 saturated carbocycles. The molecule has 7 nitrogen and oxygen atoms in total. The summed E-state index contributed by atoms with van der Waals surface area (Å²) in [6, 6.07) is 16.6. The number of hydrogen-bond acceptors (Lipinski definition) is 4. The maximum absolute atomic E-state index is 13.8. The average molecular weight is 597 g/mol. The van der Waals surface area contributed by atoms with Crippen LogP contribution in [-0.2, 0) is 26.2 Å². The predicted octanol–water partition coefficient (Wildman–Crippen LogP) is 5.70. The van der Waals surface area contributed by atoms with Crippen molar-refractivity contribution in [2.24, 2.45) is 0 Å². The van der Waals surface area contributed by atoms with E-state index in [0.717, 1.165) is 4.31 Å². The van der Waals surface area contributed by atoms with Crippen molar-refractivity contribution in [1.82, 2.24) is 10.2 Å². The first-order chi connectivity index (χ1) is 17.9. The summed E-state index contributed by atoms with van der Waals surface area (Å²) in [5.74, 6) is -0.945. The number of para-hydroxylation sites is 1. The number of hydrogen-bond donors (Lipinski definition) is 1. The maximum Gasteiger partial charge on any atom is 0.264 e. The molecule has 0 heterocycles. The summed E-state index contributed by atoms with van der Waals surface area (Å²) in [5, 5.41) is 3.75. The number of benzene rings is 3. The maximum atomic E-state index is 13.8. The SMILES string of the molecule is CCNC(=O)[C@@H](C)N(Cc1ccc(Cl)c(Cl)c1)C(=O)CN(c1ccccc1C)S(=O)(=O)c1ccc(Cl)cc1. The Kier molecular flexibility index (Phi) is 10.1. The summed E-state index contributed by atoms with van der Waals surface area (Å²) in [4.78, 5) is 27.9. The molecule has 0 spiro atoms. The molecule has 0 aliphatic carbocycles. The van der Waals surface area contributed by atoms with Crippen LogP contribution in [0.15, 0.2) is 71.6 Å². The third-order valence-corrected chi connectivity index (χ3v) is 8.68. The number of nitrogens with zero attached hydrogens (tertiary/aromatic N) is 2. The minimum Gasteiger partial charge on any atom is -0.355 e. The molecule has 0 aromatic heterocycles. The molecule has 0 aliphatic heterocycles. The second-order valence-electron chi connectivity index (χ2n) is 8.59. The molecule has 3 aromatic carbocycles. The number of likely N-dealkylation sites (N-methyl/N-ethyl adjacent to an activating group) is 1. The smallest absolute Gasteiger partial charge is 0.264 e. The Hall–Kier alpha value is -2.78. The Bertz CT molecular complexity index is 1420. The predicted molar refractivity (Wildman–Crippen MR) is 152 cm³/mol. The fourth-order valence-electron chi connectivity index (χ4n) is 3.83. The number of sulfonamides is 1. The lowest BCUT2D eigenvalue weighted by molar-refractivity contribution is -0.139. The third-order valence-electron chi connectivity index (χ3n) is 5.92. The number of halogens is 3. The Morgan fingerprint density at radius 3 is 2.21 bits per heavy atom. The van der Waals surface area contributed by atoms with Gasteiger partial charge in [0.1, 0.15) is 12.6 Å². The summed E-state index contributed by atoms with van der Waals surface area (Å²) in [6.07, 6.45) is 0. The highest BCUT2D eigenvalue weighted by molar-refractivity contribution is 7.92. The number of amides is 2. The van der Waals surface area contributed by atoms with Gasteiger partial charge in [0.15, 0.2) is 0 Å². The van der Waals surface area contributed by atoms with Crippen molar-refractivity contribution < 1.29 is 18.0 Å². The first-order valence-corrected chi connectivity index (χ1v) is 14.4. The van der Waals surface area contributed by atoms with E-state index in [1.165, 1.54) is 29.2 Å². The number of carbonyl (C=O) groups is 2. The summed E-state index contributed by atoms with van der Waals surface area (Å²) in [7, 11) is -4.18. The highest BCUT2D eigenvalue weighted by atomic mass is 35.5. The Balaban J connectivity index is 2.05. The number of carbonyl (C=O) groups excluding carboxylic acids is 2. The van der Waals surface area contributed by atoms with Crippen molar-refractivity contribution in [2.45, 2.75) is 38.3 Å². The molecule has 0 unspecified atom stereocenters. The molecular weight excluding hydrogens is 569 g/mol. The van der Waals surface area contributed by atoms with Gasteiger partial charge in [0.25, 0.3) is 10.0 Å². The van der Waals surface area contributed by atoms with Crippen LogP contribution in [0, 0.1) is 6.92 Å². The van der Waals surface area contributed by atoms with Crippen LogP contribution in [0.4, 0.5) is 5.69 Å². The lowest BCUT2D eigenvalue weighted by atomic mass is 10.1. The standard InChI is InChI=1S/C27H28Cl3N3O4S/c1-4-31-27(35)19(3)32(16-20-9-14-23(29)24(30)15-20)26(34)17-33(25-8-6-5-7-18(25)2)38(36,37)22-12-10-21(28)11-13-22/h5-15,19H,4,16-17H2,1-3H3,(H,31,35)/t19-/m1/s1. The molecule has 0 bridgehead atoms. The lowest BCUT2D eigenvalue weighted by Gasteiger charge is -2.32. The number of nitrogens with one attached hydrogen (secondary N) is 1. The van der Waals surface area contributed by atoms with Crippen LogP contribution in [0.25, 0.3) is 0 Å². The minimum absolute atomic E-state index is 0.0105. The third kappa shape index (κ3) is 6.99. The molecule has 2 amide bonds. The molecule has 1 N–H and O–H groups in total. The van der Waals surface area contributed by atoms with E-state index in [1.54, 1.807) is 63.2 Å². The van der Waals surface area contributed by atoms with E-state index in [0.29, 0.717) is 38.4 Å². The largest absolute Gasteiger partial charge is 0.355 e. The normalized spacial score (nSPS) is 12.1.